The lowest BCUT2D eigenvalue weighted by Gasteiger charge is -2.12. The third-order valence-electron chi connectivity index (χ3n) is 4.18. The van der Waals surface area contributed by atoms with Crippen molar-refractivity contribution in [1.82, 2.24) is 24.7 Å². The van der Waals surface area contributed by atoms with Crippen molar-refractivity contribution < 1.29 is 4.74 Å². The van der Waals surface area contributed by atoms with Gasteiger partial charge >= 0.3 is 0 Å². The maximum absolute atomic E-state index is 5.09. The molecule has 0 spiro atoms. The zero-order valence-electron chi connectivity index (χ0n) is 16.0. The van der Waals surface area contributed by atoms with Crippen LogP contribution in [0.25, 0.3) is 11.3 Å². The lowest BCUT2D eigenvalue weighted by Crippen LogP contribution is -2.11. The van der Waals surface area contributed by atoms with Gasteiger partial charge in [-0.25, -0.2) is 9.97 Å². The summed E-state index contributed by atoms with van der Waals surface area (Å²) < 4.78 is 7.10. The topological polar surface area (TPSA) is 81.0 Å². The minimum absolute atomic E-state index is 0.510. The molecule has 0 saturated heterocycles. The molecule has 0 fully saturated rings. The molecule has 0 bridgehead atoms. The number of ether oxygens (including phenoxy) is 1. The zero-order chi connectivity index (χ0) is 19.1. The summed E-state index contributed by atoms with van der Waals surface area (Å²) in [5, 5.41) is 11.4. The van der Waals surface area contributed by atoms with Crippen molar-refractivity contribution in [2.45, 2.75) is 19.5 Å². The highest BCUT2D eigenvalue weighted by atomic mass is 16.5. The molecule has 0 radical (unpaired) electrons. The summed E-state index contributed by atoms with van der Waals surface area (Å²) in [4.78, 5) is 11.0. The number of hydrogen-bond donors (Lipinski definition) is 1. The Balaban J connectivity index is 1.65. The number of hydrogen-bond acceptors (Lipinski definition) is 7. The van der Waals surface area contributed by atoms with Crippen molar-refractivity contribution in [2.24, 2.45) is 0 Å². The quantitative estimate of drug-likeness (QED) is 0.582. The Labute approximate surface area is 159 Å². The van der Waals surface area contributed by atoms with Crippen LogP contribution in [0.1, 0.15) is 12.2 Å². The SMILES string of the molecule is COCCCn1cnnc1CNc1nccc(-c2ccc(N(C)C)cc2)n1. The summed E-state index contributed by atoms with van der Waals surface area (Å²) in [5.74, 6) is 1.41. The molecule has 3 rings (SSSR count). The Kier molecular flexibility index (Phi) is 6.32. The Bertz CT molecular complexity index is 845. The minimum atomic E-state index is 0.510. The third-order valence-corrected chi connectivity index (χ3v) is 4.18. The molecule has 2 heterocycles. The van der Waals surface area contributed by atoms with Crippen molar-refractivity contribution in [3.05, 3.63) is 48.7 Å². The summed E-state index contributed by atoms with van der Waals surface area (Å²) in [7, 11) is 5.75. The van der Waals surface area contributed by atoms with E-state index in [4.69, 9.17) is 4.74 Å². The second-order valence-corrected chi connectivity index (χ2v) is 6.35. The monoisotopic (exact) mass is 367 g/mol. The highest BCUT2D eigenvalue weighted by Gasteiger charge is 2.07. The van der Waals surface area contributed by atoms with Crippen LogP contribution in [0, 0.1) is 0 Å². The summed E-state index contributed by atoms with van der Waals surface area (Å²) in [6.07, 6.45) is 4.40. The largest absolute Gasteiger partial charge is 0.385 e. The molecule has 0 saturated carbocycles. The van der Waals surface area contributed by atoms with Gasteiger partial charge in [-0.3, -0.25) is 0 Å². The molecule has 1 N–H and O–H groups in total. The van der Waals surface area contributed by atoms with Gasteiger partial charge in [0, 0.05) is 51.8 Å². The molecule has 0 atom stereocenters. The Hall–Kier alpha value is -3.00. The van der Waals surface area contributed by atoms with E-state index in [1.807, 2.05) is 24.7 Å². The number of rotatable bonds is 9. The summed E-state index contributed by atoms with van der Waals surface area (Å²) in [5.41, 5.74) is 3.08. The molecule has 0 amide bonds. The molecule has 8 heteroatoms. The van der Waals surface area contributed by atoms with Crippen molar-refractivity contribution in [3.63, 3.8) is 0 Å². The Morgan fingerprint density at radius 3 is 2.70 bits per heavy atom. The number of anilines is 2. The second kappa shape index (κ2) is 9.09. The van der Waals surface area contributed by atoms with E-state index in [2.05, 4.69) is 54.6 Å². The fourth-order valence-electron chi connectivity index (χ4n) is 2.67. The molecular weight excluding hydrogens is 342 g/mol. The molecule has 3 aromatic rings. The molecule has 0 aliphatic heterocycles. The van der Waals surface area contributed by atoms with Crippen LogP contribution in [0.3, 0.4) is 0 Å². The molecule has 0 aliphatic carbocycles. The lowest BCUT2D eigenvalue weighted by atomic mass is 10.1. The van der Waals surface area contributed by atoms with Crippen molar-refractivity contribution in [1.29, 1.82) is 0 Å². The molecule has 142 valence electrons. The zero-order valence-corrected chi connectivity index (χ0v) is 16.0. The van der Waals surface area contributed by atoms with Crippen LogP contribution in [0.2, 0.25) is 0 Å². The van der Waals surface area contributed by atoms with Gasteiger partial charge in [-0.2, -0.15) is 0 Å². The maximum atomic E-state index is 5.09. The summed E-state index contributed by atoms with van der Waals surface area (Å²) >= 11 is 0. The van der Waals surface area contributed by atoms with Crippen LogP contribution in [-0.4, -0.2) is 52.5 Å². The van der Waals surface area contributed by atoms with Crippen LogP contribution in [-0.2, 0) is 17.8 Å². The van der Waals surface area contributed by atoms with Crippen molar-refractivity contribution >= 4 is 11.6 Å². The van der Waals surface area contributed by atoms with Crippen LogP contribution >= 0.6 is 0 Å². The Morgan fingerprint density at radius 2 is 1.96 bits per heavy atom. The van der Waals surface area contributed by atoms with Crippen LogP contribution in [0.5, 0.6) is 0 Å². The number of nitrogens with one attached hydrogen (secondary N) is 1. The van der Waals surface area contributed by atoms with Gasteiger partial charge in [0.15, 0.2) is 5.82 Å². The summed E-state index contributed by atoms with van der Waals surface area (Å²) in [6, 6.07) is 10.2. The lowest BCUT2D eigenvalue weighted by molar-refractivity contribution is 0.190. The van der Waals surface area contributed by atoms with Gasteiger partial charge in [-0.1, -0.05) is 12.1 Å². The van der Waals surface area contributed by atoms with E-state index in [-0.39, 0.29) is 0 Å². The average molecular weight is 367 g/mol. The second-order valence-electron chi connectivity index (χ2n) is 6.35. The van der Waals surface area contributed by atoms with Gasteiger partial charge in [0.05, 0.1) is 12.2 Å². The standard InChI is InChI=1S/C19H25N7O/c1-25(2)16-7-5-15(6-8-16)17-9-10-20-19(23-17)21-13-18-24-22-14-26(18)11-4-12-27-3/h5-10,14H,4,11-13H2,1-3H3,(H,20,21,23). The van der Waals surface area contributed by atoms with Crippen LogP contribution in [0.15, 0.2) is 42.9 Å². The summed E-state index contributed by atoms with van der Waals surface area (Å²) in [6.45, 7) is 2.04. The molecular formula is C19H25N7O. The molecule has 1 aromatic carbocycles. The van der Waals surface area contributed by atoms with E-state index < -0.39 is 0 Å². The number of nitrogens with zero attached hydrogens (tertiary/aromatic N) is 6. The van der Waals surface area contributed by atoms with Crippen LogP contribution in [0.4, 0.5) is 11.6 Å². The number of benzene rings is 1. The third kappa shape index (κ3) is 5.01. The van der Waals surface area contributed by atoms with Gasteiger partial charge in [-0.05, 0) is 24.6 Å². The predicted octanol–water partition coefficient (Wildman–Crippen LogP) is 2.45. The van der Waals surface area contributed by atoms with Crippen LogP contribution < -0.4 is 10.2 Å². The van der Waals surface area contributed by atoms with E-state index in [0.29, 0.717) is 19.1 Å². The first-order valence-corrected chi connectivity index (χ1v) is 8.87. The maximum Gasteiger partial charge on any atom is 0.223 e. The van der Waals surface area contributed by atoms with Gasteiger partial charge in [0.2, 0.25) is 5.95 Å². The molecule has 0 aliphatic rings. The number of aromatic nitrogens is 5. The van der Waals surface area contributed by atoms with E-state index >= 15 is 0 Å². The number of methoxy groups -OCH3 is 1. The molecule has 2 aromatic heterocycles. The molecule has 8 nitrogen and oxygen atoms in total. The fourth-order valence-corrected chi connectivity index (χ4v) is 2.67. The highest BCUT2D eigenvalue weighted by Crippen LogP contribution is 2.21. The highest BCUT2D eigenvalue weighted by molar-refractivity contribution is 5.63. The van der Waals surface area contributed by atoms with Gasteiger partial charge < -0.3 is 19.5 Å². The van der Waals surface area contributed by atoms with Crippen molar-refractivity contribution in [3.8, 4) is 11.3 Å². The Morgan fingerprint density at radius 1 is 1.15 bits per heavy atom. The average Bonchev–Trinajstić information content (AvgIpc) is 3.14. The first-order chi connectivity index (χ1) is 13.2. The van der Waals surface area contributed by atoms with Gasteiger partial charge in [0.25, 0.3) is 0 Å². The van der Waals surface area contributed by atoms with E-state index in [1.165, 1.54) is 0 Å². The fraction of sp³-hybridized carbons (Fsp3) is 0.368. The predicted molar refractivity (Wildman–Crippen MR) is 106 cm³/mol. The molecule has 27 heavy (non-hydrogen) atoms. The normalized spacial score (nSPS) is 10.8. The first kappa shape index (κ1) is 18.8. The van der Waals surface area contributed by atoms with Gasteiger partial charge in [0.1, 0.15) is 6.33 Å². The van der Waals surface area contributed by atoms with Gasteiger partial charge in [-0.15, -0.1) is 10.2 Å². The first-order valence-electron chi connectivity index (χ1n) is 8.87. The van der Waals surface area contributed by atoms with Crippen molar-refractivity contribution in [2.75, 3.05) is 38.0 Å². The smallest absolute Gasteiger partial charge is 0.223 e. The molecule has 0 unspecified atom stereocenters. The number of aryl methyl sites for hydroxylation is 1. The van der Waals surface area contributed by atoms with E-state index in [0.717, 1.165) is 35.7 Å². The van der Waals surface area contributed by atoms with E-state index in [1.54, 1.807) is 19.6 Å². The minimum Gasteiger partial charge on any atom is -0.385 e. The van der Waals surface area contributed by atoms with E-state index in [9.17, 15) is 0 Å².